The van der Waals surface area contributed by atoms with Gasteiger partial charge in [0.05, 0.1) is 30.3 Å². The third-order valence-corrected chi connectivity index (χ3v) is 4.44. The van der Waals surface area contributed by atoms with Crippen LogP contribution in [0.4, 0.5) is 0 Å². The summed E-state index contributed by atoms with van der Waals surface area (Å²) in [5.74, 6) is -0.948. The fourth-order valence-corrected chi connectivity index (χ4v) is 3.24. The van der Waals surface area contributed by atoms with Crippen molar-refractivity contribution < 1.29 is 19.4 Å². The number of hydrogen-bond donors (Lipinski definition) is 1. The number of rotatable bonds is 5. The lowest BCUT2D eigenvalue weighted by Gasteiger charge is -2.34. The average Bonchev–Trinajstić information content (AvgIpc) is 2.60. The van der Waals surface area contributed by atoms with E-state index in [4.69, 9.17) is 9.84 Å². The first-order valence-corrected chi connectivity index (χ1v) is 8.61. The number of likely N-dealkylation sites (N-methyl/N-ethyl adjacent to an activating group) is 1. The number of carboxylic acids is 1. The minimum absolute atomic E-state index is 0.0552. The topological polar surface area (TPSA) is 83.0 Å². The largest absolute Gasteiger partial charge is 0.480 e. The molecule has 0 aliphatic carbocycles. The summed E-state index contributed by atoms with van der Waals surface area (Å²) in [4.78, 5) is 31.9. The van der Waals surface area contributed by atoms with E-state index in [1.807, 2.05) is 31.2 Å². The van der Waals surface area contributed by atoms with E-state index in [0.717, 1.165) is 11.1 Å². The van der Waals surface area contributed by atoms with E-state index in [-0.39, 0.29) is 18.6 Å². The third kappa shape index (κ3) is 4.17. The highest BCUT2D eigenvalue weighted by molar-refractivity contribution is 6.05. The first-order chi connectivity index (χ1) is 12.4. The maximum absolute atomic E-state index is 13.1. The molecule has 2 heterocycles. The summed E-state index contributed by atoms with van der Waals surface area (Å²) in [6.45, 7) is 3.70. The predicted molar refractivity (Wildman–Crippen MR) is 97.3 cm³/mol. The van der Waals surface area contributed by atoms with Gasteiger partial charge in [0.1, 0.15) is 0 Å². The Bertz CT molecular complexity index is 824. The van der Waals surface area contributed by atoms with Crippen LogP contribution in [0.1, 0.15) is 16.1 Å². The number of aromatic nitrogens is 1. The van der Waals surface area contributed by atoms with E-state index in [1.54, 1.807) is 22.9 Å². The summed E-state index contributed by atoms with van der Waals surface area (Å²) in [6, 6.07) is 9.52. The van der Waals surface area contributed by atoms with Crippen molar-refractivity contribution in [3.8, 4) is 0 Å². The molecule has 0 bridgehead atoms. The second-order valence-corrected chi connectivity index (χ2v) is 6.66. The normalized spacial score (nSPS) is 17.7. The molecule has 1 N–H and O–H groups in total. The van der Waals surface area contributed by atoms with Crippen LogP contribution in [0, 0.1) is 6.92 Å². The van der Waals surface area contributed by atoms with Gasteiger partial charge in [0.2, 0.25) is 0 Å². The minimum Gasteiger partial charge on any atom is -0.480 e. The fraction of sp³-hybridized carbons (Fsp3) is 0.421. The molecule has 1 aromatic heterocycles. The highest BCUT2D eigenvalue weighted by Gasteiger charge is 2.27. The summed E-state index contributed by atoms with van der Waals surface area (Å²) >= 11 is 0. The highest BCUT2D eigenvalue weighted by atomic mass is 16.5. The zero-order valence-electron chi connectivity index (χ0n) is 15.0. The Morgan fingerprint density at radius 3 is 2.92 bits per heavy atom. The SMILES string of the molecule is Cc1ccc2cccc(C(=O)N3CCOC(CN(C)CC(=O)O)C3)c2n1. The maximum atomic E-state index is 13.1. The molecular weight excluding hydrogens is 334 g/mol. The lowest BCUT2D eigenvalue weighted by Crippen LogP contribution is -2.49. The first-order valence-electron chi connectivity index (χ1n) is 8.61. The van der Waals surface area contributed by atoms with E-state index in [1.165, 1.54) is 0 Å². The zero-order chi connectivity index (χ0) is 18.7. The summed E-state index contributed by atoms with van der Waals surface area (Å²) in [6.07, 6.45) is -0.207. The van der Waals surface area contributed by atoms with Crippen LogP contribution in [0.2, 0.25) is 0 Å². The smallest absolute Gasteiger partial charge is 0.317 e. The number of ether oxygens (including phenoxy) is 1. The van der Waals surface area contributed by atoms with Gasteiger partial charge in [-0.05, 0) is 26.1 Å². The van der Waals surface area contributed by atoms with E-state index < -0.39 is 5.97 Å². The molecule has 26 heavy (non-hydrogen) atoms. The van der Waals surface area contributed by atoms with E-state index in [2.05, 4.69) is 4.98 Å². The minimum atomic E-state index is -0.881. The molecule has 7 nitrogen and oxygen atoms in total. The molecule has 1 unspecified atom stereocenters. The molecule has 138 valence electrons. The molecule has 0 spiro atoms. The fourth-order valence-electron chi connectivity index (χ4n) is 3.24. The van der Waals surface area contributed by atoms with Crippen molar-refractivity contribution in [2.24, 2.45) is 0 Å². The van der Waals surface area contributed by atoms with E-state index in [9.17, 15) is 9.59 Å². The number of amides is 1. The monoisotopic (exact) mass is 357 g/mol. The lowest BCUT2D eigenvalue weighted by molar-refractivity contribution is -0.138. The Morgan fingerprint density at radius 1 is 1.35 bits per heavy atom. The van der Waals surface area contributed by atoms with Gasteiger partial charge < -0.3 is 14.7 Å². The van der Waals surface area contributed by atoms with Crippen molar-refractivity contribution >= 4 is 22.8 Å². The quantitative estimate of drug-likeness (QED) is 0.871. The molecule has 2 aromatic rings. The van der Waals surface area contributed by atoms with Gasteiger partial charge in [-0.15, -0.1) is 0 Å². The molecule has 1 aliphatic rings. The van der Waals surface area contributed by atoms with Crippen molar-refractivity contribution in [1.82, 2.24) is 14.8 Å². The maximum Gasteiger partial charge on any atom is 0.317 e. The second kappa shape index (κ2) is 7.80. The van der Waals surface area contributed by atoms with Gasteiger partial charge in [-0.2, -0.15) is 0 Å². The number of carbonyl (C=O) groups is 2. The van der Waals surface area contributed by atoms with Gasteiger partial charge in [-0.3, -0.25) is 19.5 Å². The molecular formula is C19H23N3O4. The van der Waals surface area contributed by atoms with Gasteiger partial charge in [0, 0.05) is 30.7 Å². The van der Waals surface area contributed by atoms with Crippen molar-refractivity contribution in [2.75, 3.05) is 39.8 Å². The number of pyridine rings is 1. The van der Waals surface area contributed by atoms with Gasteiger partial charge in [-0.1, -0.05) is 18.2 Å². The van der Waals surface area contributed by atoms with E-state index >= 15 is 0 Å². The zero-order valence-corrected chi connectivity index (χ0v) is 15.0. The number of hydrogen-bond acceptors (Lipinski definition) is 5. The van der Waals surface area contributed by atoms with Crippen LogP contribution >= 0.6 is 0 Å². The number of carbonyl (C=O) groups excluding carboxylic acids is 1. The van der Waals surface area contributed by atoms with Crippen LogP contribution in [-0.4, -0.2) is 77.7 Å². The second-order valence-electron chi connectivity index (χ2n) is 6.66. The number of aliphatic carboxylic acids is 1. The number of fused-ring (bicyclic) bond motifs is 1. The van der Waals surface area contributed by atoms with Crippen molar-refractivity contribution in [3.63, 3.8) is 0 Å². The summed E-state index contributed by atoms with van der Waals surface area (Å²) in [5, 5.41) is 9.81. The van der Waals surface area contributed by atoms with Crippen LogP contribution in [0.3, 0.4) is 0 Å². The number of aryl methyl sites for hydroxylation is 1. The summed E-state index contributed by atoms with van der Waals surface area (Å²) < 4.78 is 5.71. The van der Waals surface area contributed by atoms with Gasteiger partial charge in [0.25, 0.3) is 5.91 Å². The van der Waals surface area contributed by atoms with Crippen LogP contribution in [-0.2, 0) is 9.53 Å². The lowest BCUT2D eigenvalue weighted by atomic mass is 10.1. The summed E-state index contributed by atoms with van der Waals surface area (Å²) in [5.41, 5.74) is 2.17. The molecule has 1 aromatic carbocycles. The van der Waals surface area contributed by atoms with Gasteiger partial charge in [-0.25, -0.2) is 0 Å². The van der Waals surface area contributed by atoms with Gasteiger partial charge >= 0.3 is 5.97 Å². The number of para-hydroxylation sites is 1. The Hall–Kier alpha value is -2.51. The first kappa shape index (κ1) is 18.3. The Kier molecular flexibility index (Phi) is 5.49. The number of benzene rings is 1. The van der Waals surface area contributed by atoms with Crippen molar-refractivity contribution in [1.29, 1.82) is 0 Å². The van der Waals surface area contributed by atoms with Crippen LogP contribution in [0.25, 0.3) is 10.9 Å². The average molecular weight is 357 g/mol. The molecule has 1 saturated heterocycles. The van der Waals surface area contributed by atoms with Gasteiger partial charge in [0.15, 0.2) is 0 Å². The van der Waals surface area contributed by atoms with Crippen LogP contribution < -0.4 is 0 Å². The molecule has 0 radical (unpaired) electrons. The van der Waals surface area contributed by atoms with E-state index in [0.29, 0.717) is 37.3 Å². The molecule has 1 amide bonds. The molecule has 1 aliphatic heterocycles. The predicted octanol–water partition coefficient (Wildman–Crippen LogP) is 1.40. The molecule has 7 heteroatoms. The van der Waals surface area contributed by atoms with Crippen LogP contribution in [0.5, 0.6) is 0 Å². The Balaban J connectivity index is 1.75. The molecule has 0 saturated carbocycles. The standard InChI is InChI=1S/C19H23N3O4/c1-13-6-7-14-4-3-5-16(18(14)20-13)19(25)22-8-9-26-15(11-22)10-21(2)12-17(23)24/h3-7,15H,8-12H2,1-2H3,(H,23,24). The third-order valence-electron chi connectivity index (χ3n) is 4.44. The number of carboxylic acid groups (broad SMARTS) is 1. The molecule has 1 fully saturated rings. The van der Waals surface area contributed by atoms with Crippen LogP contribution in [0.15, 0.2) is 30.3 Å². The van der Waals surface area contributed by atoms with Crippen molar-refractivity contribution in [3.05, 3.63) is 41.6 Å². The Morgan fingerprint density at radius 2 is 2.15 bits per heavy atom. The highest BCUT2D eigenvalue weighted by Crippen LogP contribution is 2.20. The van der Waals surface area contributed by atoms with Crippen molar-refractivity contribution in [2.45, 2.75) is 13.0 Å². The summed E-state index contributed by atoms with van der Waals surface area (Å²) in [7, 11) is 1.73. The molecule has 1 atom stereocenters. The number of morpholine rings is 1. The Labute approximate surface area is 152 Å². The number of nitrogens with zero attached hydrogens (tertiary/aromatic N) is 3. The molecule has 3 rings (SSSR count).